The number of carbonyl (C=O) groups is 2. The minimum atomic E-state index is -0.250. The average molecular weight is 365 g/mol. The minimum Gasteiger partial charge on any atom is -0.350 e. The zero-order chi connectivity index (χ0) is 17.7. The fraction of sp³-hybridized carbons (Fsp3) is 0.222. The van der Waals surface area contributed by atoms with Crippen molar-refractivity contribution < 1.29 is 9.59 Å². The van der Waals surface area contributed by atoms with Crippen molar-refractivity contribution in [2.24, 2.45) is 0 Å². The first-order valence-electron chi connectivity index (χ1n) is 7.42. The summed E-state index contributed by atoms with van der Waals surface area (Å²) < 4.78 is 0. The van der Waals surface area contributed by atoms with Crippen LogP contribution in [-0.4, -0.2) is 18.4 Å². The third-order valence-electron chi connectivity index (χ3n) is 3.55. The molecular weight excluding hydrogens is 347 g/mol. The summed E-state index contributed by atoms with van der Waals surface area (Å²) in [7, 11) is 0. The van der Waals surface area contributed by atoms with Crippen molar-refractivity contribution in [3.63, 3.8) is 0 Å². The summed E-state index contributed by atoms with van der Waals surface area (Å²) in [4.78, 5) is 25.6. The third-order valence-corrected chi connectivity index (χ3v) is 4.03. The molecule has 0 aliphatic carbocycles. The second-order valence-corrected chi connectivity index (χ2v) is 6.31. The Morgan fingerprint density at radius 3 is 2.29 bits per heavy atom. The molecule has 0 heterocycles. The van der Waals surface area contributed by atoms with Crippen LogP contribution in [0.1, 0.15) is 18.1 Å². The van der Waals surface area contributed by atoms with Crippen LogP contribution in [0.5, 0.6) is 0 Å². The third kappa shape index (κ3) is 4.98. The molecule has 0 saturated heterocycles. The van der Waals surface area contributed by atoms with Crippen LogP contribution in [0.4, 0.5) is 5.69 Å². The predicted octanol–water partition coefficient (Wildman–Crippen LogP) is 3.97. The lowest BCUT2D eigenvalue weighted by atomic mass is 10.1. The number of rotatable bonds is 5. The van der Waals surface area contributed by atoms with Crippen molar-refractivity contribution in [3.8, 4) is 0 Å². The average Bonchev–Trinajstić information content (AvgIpc) is 2.54. The summed E-state index contributed by atoms with van der Waals surface area (Å²) in [5.41, 5.74) is 2.44. The molecule has 0 fully saturated rings. The van der Waals surface area contributed by atoms with E-state index < -0.39 is 0 Å². The van der Waals surface area contributed by atoms with Gasteiger partial charge < -0.3 is 10.2 Å². The van der Waals surface area contributed by atoms with E-state index in [9.17, 15) is 9.59 Å². The first-order valence-corrected chi connectivity index (χ1v) is 8.18. The standard InChI is InChI=1S/C18H18Cl2N2O2/c1-12-3-6-16(20)9-17(12)22(13(2)23)11-18(24)21-10-14-4-7-15(19)8-5-14/h3-9H,10-11H2,1-2H3,(H,21,24). The molecule has 0 aliphatic heterocycles. The fourth-order valence-corrected chi connectivity index (χ4v) is 2.53. The van der Waals surface area contributed by atoms with Crippen molar-refractivity contribution >= 4 is 40.7 Å². The number of nitrogens with one attached hydrogen (secondary N) is 1. The van der Waals surface area contributed by atoms with Gasteiger partial charge in [0.2, 0.25) is 11.8 Å². The lowest BCUT2D eigenvalue weighted by Gasteiger charge is -2.23. The van der Waals surface area contributed by atoms with E-state index >= 15 is 0 Å². The molecule has 6 heteroatoms. The maximum atomic E-state index is 12.2. The van der Waals surface area contributed by atoms with Crippen LogP contribution in [0.25, 0.3) is 0 Å². The van der Waals surface area contributed by atoms with Crippen molar-refractivity contribution in [1.82, 2.24) is 5.32 Å². The van der Waals surface area contributed by atoms with Crippen LogP contribution < -0.4 is 10.2 Å². The second-order valence-electron chi connectivity index (χ2n) is 5.44. The highest BCUT2D eigenvalue weighted by Crippen LogP contribution is 2.24. The van der Waals surface area contributed by atoms with E-state index in [0.717, 1.165) is 11.1 Å². The van der Waals surface area contributed by atoms with Crippen LogP contribution in [0.15, 0.2) is 42.5 Å². The number of nitrogens with zero attached hydrogens (tertiary/aromatic N) is 1. The van der Waals surface area contributed by atoms with Crippen molar-refractivity contribution in [2.75, 3.05) is 11.4 Å². The molecule has 0 spiro atoms. The van der Waals surface area contributed by atoms with Gasteiger partial charge in [0.05, 0.1) is 0 Å². The molecule has 126 valence electrons. The van der Waals surface area contributed by atoms with E-state index in [4.69, 9.17) is 23.2 Å². The van der Waals surface area contributed by atoms with Crippen LogP contribution in [0.2, 0.25) is 10.0 Å². The summed E-state index contributed by atoms with van der Waals surface area (Å²) >= 11 is 11.8. The Morgan fingerprint density at radius 1 is 1.04 bits per heavy atom. The number of amides is 2. The quantitative estimate of drug-likeness (QED) is 0.872. The molecule has 2 aromatic carbocycles. The molecule has 0 unspecified atom stereocenters. The molecule has 0 bridgehead atoms. The van der Waals surface area contributed by atoms with Gasteiger partial charge in [-0.2, -0.15) is 0 Å². The van der Waals surface area contributed by atoms with Crippen LogP contribution in [-0.2, 0) is 16.1 Å². The van der Waals surface area contributed by atoms with E-state index in [0.29, 0.717) is 22.3 Å². The Morgan fingerprint density at radius 2 is 1.67 bits per heavy atom. The number of hydrogen-bond donors (Lipinski definition) is 1. The summed E-state index contributed by atoms with van der Waals surface area (Å²) in [5.74, 6) is -0.471. The molecule has 2 amide bonds. The molecule has 0 atom stereocenters. The Labute approximate surface area is 151 Å². The van der Waals surface area contributed by atoms with Gasteiger partial charge in [0.1, 0.15) is 6.54 Å². The Bertz CT molecular complexity index is 745. The van der Waals surface area contributed by atoms with Gasteiger partial charge >= 0.3 is 0 Å². The first kappa shape index (κ1) is 18.3. The van der Waals surface area contributed by atoms with Crippen LogP contribution in [0.3, 0.4) is 0 Å². The number of aryl methyl sites for hydroxylation is 1. The van der Waals surface area contributed by atoms with Crippen molar-refractivity contribution in [3.05, 3.63) is 63.6 Å². The van der Waals surface area contributed by atoms with Gasteiger partial charge in [0, 0.05) is 29.2 Å². The maximum Gasteiger partial charge on any atom is 0.240 e. The van der Waals surface area contributed by atoms with Crippen LogP contribution in [0, 0.1) is 6.92 Å². The van der Waals surface area contributed by atoms with E-state index in [1.54, 1.807) is 24.3 Å². The molecule has 24 heavy (non-hydrogen) atoms. The molecule has 2 aromatic rings. The zero-order valence-electron chi connectivity index (χ0n) is 13.5. The molecule has 0 aliphatic rings. The van der Waals surface area contributed by atoms with Crippen LogP contribution >= 0.6 is 23.2 Å². The highest BCUT2D eigenvalue weighted by atomic mass is 35.5. The zero-order valence-corrected chi connectivity index (χ0v) is 15.0. The molecule has 4 nitrogen and oxygen atoms in total. The van der Waals surface area contributed by atoms with Gasteiger partial charge in [-0.1, -0.05) is 41.4 Å². The van der Waals surface area contributed by atoms with Crippen molar-refractivity contribution in [1.29, 1.82) is 0 Å². The highest BCUT2D eigenvalue weighted by molar-refractivity contribution is 6.31. The lowest BCUT2D eigenvalue weighted by molar-refractivity contribution is -0.123. The van der Waals surface area contributed by atoms with Gasteiger partial charge in [-0.15, -0.1) is 0 Å². The number of benzene rings is 2. The fourth-order valence-electron chi connectivity index (χ4n) is 2.24. The molecular formula is C18H18Cl2N2O2. The predicted molar refractivity (Wildman–Crippen MR) is 97.5 cm³/mol. The van der Waals surface area contributed by atoms with E-state index in [-0.39, 0.29) is 18.4 Å². The highest BCUT2D eigenvalue weighted by Gasteiger charge is 2.17. The van der Waals surface area contributed by atoms with Gasteiger partial charge in [-0.05, 0) is 42.3 Å². The molecule has 2 rings (SSSR count). The summed E-state index contributed by atoms with van der Waals surface area (Å²) in [5, 5.41) is 3.96. The largest absolute Gasteiger partial charge is 0.350 e. The summed E-state index contributed by atoms with van der Waals surface area (Å²) in [6.45, 7) is 3.60. The Kier molecular flexibility index (Phi) is 6.23. The Hall–Kier alpha value is -2.04. The summed E-state index contributed by atoms with van der Waals surface area (Å²) in [6, 6.07) is 12.5. The van der Waals surface area contributed by atoms with E-state index in [1.807, 2.05) is 25.1 Å². The molecule has 1 N–H and O–H groups in total. The molecule has 0 aromatic heterocycles. The molecule has 0 radical (unpaired) electrons. The second kappa shape index (κ2) is 8.18. The van der Waals surface area contributed by atoms with Gasteiger partial charge in [-0.3, -0.25) is 9.59 Å². The maximum absolute atomic E-state index is 12.2. The smallest absolute Gasteiger partial charge is 0.240 e. The van der Waals surface area contributed by atoms with E-state index in [1.165, 1.54) is 11.8 Å². The number of anilines is 1. The Balaban J connectivity index is 2.04. The van der Waals surface area contributed by atoms with Gasteiger partial charge in [-0.25, -0.2) is 0 Å². The number of halogens is 2. The number of hydrogen-bond acceptors (Lipinski definition) is 2. The SMILES string of the molecule is CC(=O)N(CC(=O)NCc1ccc(Cl)cc1)c1cc(Cl)ccc1C. The lowest BCUT2D eigenvalue weighted by Crippen LogP contribution is -2.40. The number of carbonyl (C=O) groups excluding carboxylic acids is 2. The van der Waals surface area contributed by atoms with Gasteiger partial charge in [0.15, 0.2) is 0 Å². The first-order chi connectivity index (χ1) is 11.4. The van der Waals surface area contributed by atoms with Gasteiger partial charge in [0.25, 0.3) is 0 Å². The monoisotopic (exact) mass is 364 g/mol. The topological polar surface area (TPSA) is 49.4 Å². The molecule has 0 saturated carbocycles. The van der Waals surface area contributed by atoms with E-state index in [2.05, 4.69) is 5.32 Å². The summed E-state index contributed by atoms with van der Waals surface area (Å²) in [6.07, 6.45) is 0. The van der Waals surface area contributed by atoms with Crippen molar-refractivity contribution in [2.45, 2.75) is 20.4 Å². The minimum absolute atomic E-state index is 0.0654. The normalized spacial score (nSPS) is 10.3.